The second kappa shape index (κ2) is 8.48. The lowest BCUT2D eigenvalue weighted by atomic mass is 9.69. The molecule has 0 amide bonds. The van der Waals surface area contributed by atoms with Crippen molar-refractivity contribution in [1.82, 2.24) is 0 Å². The lowest BCUT2D eigenvalue weighted by Gasteiger charge is -2.54. The zero-order chi connectivity index (χ0) is 24.1. The van der Waals surface area contributed by atoms with Gasteiger partial charge in [-0.2, -0.15) is 0 Å². The van der Waals surface area contributed by atoms with Crippen molar-refractivity contribution in [3.63, 3.8) is 0 Å². The molecule has 2 aliphatic rings. The van der Waals surface area contributed by atoms with E-state index in [2.05, 4.69) is 0 Å². The molecule has 1 aliphatic carbocycles. The van der Waals surface area contributed by atoms with Crippen LogP contribution in [0.5, 0.6) is 5.75 Å². The Morgan fingerprint density at radius 3 is 2.30 bits per heavy atom. The molecule has 2 aromatic carbocycles. The van der Waals surface area contributed by atoms with Crippen molar-refractivity contribution in [3.05, 3.63) is 58.6 Å². The van der Waals surface area contributed by atoms with Gasteiger partial charge in [0, 0.05) is 11.3 Å². The van der Waals surface area contributed by atoms with Crippen molar-refractivity contribution in [2.45, 2.75) is 40.9 Å². The van der Waals surface area contributed by atoms with Crippen LogP contribution in [0.25, 0.3) is 0 Å². The van der Waals surface area contributed by atoms with E-state index in [0.29, 0.717) is 17.9 Å². The maximum Gasteiger partial charge on any atom is 0.191 e. The number of ether oxygens (including phenoxy) is 2. The fourth-order valence-corrected chi connectivity index (χ4v) is 7.93. The molecule has 0 unspecified atom stereocenters. The molecule has 0 saturated heterocycles. The summed E-state index contributed by atoms with van der Waals surface area (Å²) in [5.41, 5.74) is -2.03. The predicted octanol–water partition coefficient (Wildman–Crippen LogP) is 4.05. The smallest absolute Gasteiger partial charge is 0.191 e. The van der Waals surface area contributed by atoms with Gasteiger partial charge in [0.15, 0.2) is 21.4 Å². The molecule has 0 bridgehead atoms. The van der Waals surface area contributed by atoms with Crippen molar-refractivity contribution >= 4 is 31.3 Å². The molecule has 0 N–H and O–H groups in total. The first-order chi connectivity index (χ1) is 15.4. The Balaban J connectivity index is 1.99. The maximum absolute atomic E-state index is 15.4. The molecule has 2 aromatic rings. The minimum atomic E-state index is -4.40. The first kappa shape index (κ1) is 24.4. The first-order valence-corrected chi connectivity index (χ1v) is 14.3. The summed E-state index contributed by atoms with van der Waals surface area (Å²) >= 11 is 5.94. The molecule has 1 aliphatic heterocycles. The molecule has 1 saturated carbocycles. The Labute approximate surface area is 196 Å². The van der Waals surface area contributed by atoms with Gasteiger partial charge in [0.1, 0.15) is 32.6 Å². The zero-order valence-electron chi connectivity index (χ0n) is 17.8. The normalized spacial score (nSPS) is 25.1. The van der Waals surface area contributed by atoms with Gasteiger partial charge in [-0.3, -0.25) is 0 Å². The molecule has 33 heavy (non-hydrogen) atoms. The highest BCUT2D eigenvalue weighted by atomic mass is 35.5. The number of hydrogen-bond donors (Lipinski definition) is 0. The molecule has 2 atom stereocenters. The number of halogens is 3. The summed E-state index contributed by atoms with van der Waals surface area (Å²) in [5.74, 6) is -2.63. The van der Waals surface area contributed by atoms with Gasteiger partial charge in [-0.05, 0) is 49.2 Å². The van der Waals surface area contributed by atoms with Gasteiger partial charge in [0.25, 0.3) is 0 Å². The van der Waals surface area contributed by atoms with Crippen molar-refractivity contribution in [3.8, 4) is 5.75 Å². The van der Waals surface area contributed by atoms with E-state index in [0.717, 1.165) is 18.4 Å². The van der Waals surface area contributed by atoms with Crippen LogP contribution in [0.1, 0.15) is 31.2 Å². The van der Waals surface area contributed by atoms with Crippen molar-refractivity contribution in [1.29, 1.82) is 0 Å². The molecular formula is C22H23ClF2O6S2. The van der Waals surface area contributed by atoms with Crippen LogP contribution in [0.3, 0.4) is 0 Å². The van der Waals surface area contributed by atoms with Gasteiger partial charge in [-0.1, -0.05) is 24.4 Å². The molecule has 0 spiro atoms. The zero-order valence-corrected chi connectivity index (χ0v) is 20.2. The van der Waals surface area contributed by atoms with E-state index < -0.39 is 53.0 Å². The van der Waals surface area contributed by atoms with Crippen molar-refractivity contribution < 1.29 is 35.1 Å². The monoisotopic (exact) mass is 520 g/mol. The van der Waals surface area contributed by atoms with Crippen LogP contribution in [0.2, 0.25) is 5.02 Å². The fourth-order valence-electron chi connectivity index (χ4n) is 4.94. The Kier molecular flexibility index (Phi) is 6.26. The molecule has 1 heterocycles. The fraction of sp³-hybridized carbons (Fsp3) is 0.455. The Hall–Kier alpha value is -1.75. The van der Waals surface area contributed by atoms with Gasteiger partial charge >= 0.3 is 0 Å². The number of rotatable bonds is 6. The lowest BCUT2D eigenvalue weighted by molar-refractivity contribution is -0.128. The second-order valence-electron chi connectivity index (χ2n) is 8.49. The second-order valence-corrected chi connectivity index (χ2v) is 13.4. The highest BCUT2D eigenvalue weighted by Gasteiger charge is 2.67. The molecule has 0 aromatic heterocycles. The highest BCUT2D eigenvalue weighted by molar-refractivity contribution is 7.92. The Morgan fingerprint density at radius 1 is 1.00 bits per heavy atom. The van der Waals surface area contributed by atoms with Crippen LogP contribution in [0.4, 0.5) is 8.78 Å². The molecule has 11 heteroatoms. The van der Waals surface area contributed by atoms with Gasteiger partial charge in [0.05, 0.1) is 22.8 Å². The van der Waals surface area contributed by atoms with E-state index in [1.807, 2.05) is 0 Å². The molecule has 180 valence electrons. The van der Waals surface area contributed by atoms with E-state index in [9.17, 15) is 21.2 Å². The predicted molar refractivity (Wildman–Crippen MR) is 119 cm³/mol. The van der Waals surface area contributed by atoms with E-state index in [-0.39, 0.29) is 36.7 Å². The highest BCUT2D eigenvalue weighted by Crippen LogP contribution is 2.59. The third-order valence-corrected chi connectivity index (χ3v) is 10.2. The first-order valence-electron chi connectivity index (χ1n) is 10.4. The summed E-state index contributed by atoms with van der Waals surface area (Å²) in [5, 5.41) is 0.315. The summed E-state index contributed by atoms with van der Waals surface area (Å²) < 4.78 is 91.6. The standard InChI is InChI=1S/C22H23ClF2O6S2/c1-32(26,27)13-12-31-21-10-2-3-11-22(21,33(28,29)16-6-4-15(23)5-7-16)19-17(24)8-9-18(25)20(19)30-14-21/h4-9H,2-3,10-14H2,1H3/t21-,22+/m0/s1. The van der Waals surface area contributed by atoms with Gasteiger partial charge in [0.2, 0.25) is 0 Å². The molecule has 0 radical (unpaired) electrons. The third-order valence-electron chi connectivity index (χ3n) is 6.42. The number of sulfone groups is 2. The van der Waals surface area contributed by atoms with Gasteiger partial charge in [-0.25, -0.2) is 25.6 Å². The SMILES string of the molecule is CS(=O)(=O)CCO[C@]12CCCC[C@@]1(S(=O)(=O)c1ccc(Cl)cc1)c1c(F)ccc(F)c1OC2. The van der Waals surface area contributed by atoms with Crippen LogP contribution in [-0.4, -0.2) is 47.7 Å². The molecule has 6 nitrogen and oxygen atoms in total. The quantitative estimate of drug-likeness (QED) is 0.571. The van der Waals surface area contributed by atoms with Crippen LogP contribution in [-0.2, 0) is 29.2 Å². The van der Waals surface area contributed by atoms with E-state index in [4.69, 9.17) is 21.1 Å². The van der Waals surface area contributed by atoms with E-state index in [1.165, 1.54) is 24.3 Å². The Bertz CT molecular complexity index is 1280. The van der Waals surface area contributed by atoms with Crippen molar-refractivity contribution in [2.24, 2.45) is 0 Å². The summed E-state index contributed by atoms with van der Waals surface area (Å²) in [7, 11) is -7.81. The average Bonchev–Trinajstić information content (AvgIpc) is 2.75. The Morgan fingerprint density at radius 2 is 1.64 bits per heavy atom. The van der Waals surface area contributed by atoms with E-state index >= 15 is 4.39 Å². The van der Waals surface area contributed by atoms with Crippen LogP contribution in [0.15, 0.2) is 41.3 Å². The molecule has 1 fully saturated rings. The summed E-state index contributed by atoms with van der Waals surface area (Å²) in [6.45, 7) is -0.677. The minimum absolute atomic E-state index is 0.0480. The summed E-state index contributed by atoms with van der Waals surface area (Å²) in [6, 6.07) is 7.20. The number of fused-ring (bicyclic) bond motifs is 3. The van der Waals surface area contributed by atoms with Crippen molar-refractivity contribution in [2.75, 3.05) is 25.2 Å². The maximum atomic E-state index is 15.4. The largest absolute Gasteiger partial charge is 0.487 e. The average molecular weight is 521 g/mol. The number of hydrogen-bond acceptors (Lipinski definition) is 6. The van der Waals surface area contributed by atoms with Gasteiger partial charge < -0.3 is 9.47 Å². The summed E-state index contributed by atoms with van der Waals surface area (Å²) in [6.07, 6.45) is 2.12. The van der Waals surface area contributed by atoms with E-state index in [1.54, 1.807) is 0 Å². The molecule has 4 rings (SSSR count). The van der Waals surface area contributed by atoms with Crippen LogP contribution in [0, 0.1) is 11.6 Å². The van der Waals surface area contributed by atoms with Gasteiger partial charge in [-0.15, -0.1) is 0 Å². The van der Waals surface area contributed by atoms with Crippen LogP contribution >= 0.6 is 11.6 Å². The summed E-state index contributed by atoms with van der Waals surface area (Å²) in [4.78, 5) is -0.124. The topological polar surface area (TPSA) is 86.7 Å². The third kappa shape index (κ3) is 3.94. The lowest BCUT2D eigenvalue weighted by Crippen LogP contribution is -2.65. The number of benzene rings is 2. The minimum Gasteiger partial charge on any atom is -0.487 e. The van der Waals surface area contributed by atoms with Crippen LogP contribution < -0.4 is 4.74 Å². The molecular weight excluding hydrogens is 498 g/mol.